The highest BCUT2D eigenvalue weighted by molar-refractivity contribution is 7.89. The molecule has 1 fully saturated rings. The molecule has 2 rings (SSSR count). The zero-order valence-corrected chi connectivity index (χ0v) is 16.5. The van der Waals surface area contributed by atoms with Crippen LogP contribution in [0.5, 0.6) is 0 Å². The van der Waals surface area contributed by atoms with Crippen LogP contribution in [-0.4, -0.2) is 56.7 Å². The first-order valence-corrected chi connectivity index (χ1v) is 10.9. The van der Waals surface area contributed by atoms with Crippen molar-refractivity contribution in [1.82, 2.24) is 15.5 Å². The summed E-state index contributed by atoms with van der Waals surface area (Å²) in [4.78, 5) is 6.82. The first-order chi connectivity index (χ1) is 12.4. The third-order valence-electron chi connectivity index (χ3n) is 4.57. The molecular formula is C18H31N5O2S. The summed E-state index contributed by atoms with van der Waals surface area (Å²) in [5.41, 5.74) is 1.34. The summed E-state index contributed by atoms with van der Waals surface area (Å²) in [6.07, 6.45) is 2.04. The molecule has 1 aliphatic heterocycles. The fraction of sp³-hybridized carbons (Fsp3) is 0.611. The summed E-state index contributed by atoms with van der Waals surface area (Å²) in [6.45, 7) is 7.12. The van der Waals surface area contributed by atoms with Gasteiger partial charge >= 0.3 is 0 Å². The van der Waals surface area contributed by atoms with Crippen molar-refractivity contribution >= 4 is 16.0 Å². The molecule has 0 saturated carbocycles. The van der Waals surface area contributed by atoms with Crippen LogP contribution in [0.15, 0.2) is 35.3 Å². The molecule has 0 aromatic heterocycles. The van der Waals surface area contributed by atoms with Gasteiger partial charge in [-0.2, -0.15) is 0 Å². The average molecular weight is 382 g/mol. The third kappa shape index (κ3) is 7.31. The molecule has 0 spiro atoms. The van der Waals surface area contributed by atoms with E-state index in [1.54, 1.807) is 0 Å². The number of hydrogen-bond acceptors (Lipinski definition) is 4. The van der Waals surface area contributed by atoms with Crippen molar-refractivity contribution in [2.24, 2.45) is 10.1 Å². The molecule has 1 aromatic carbocycles. The number of primary sulfonamides is 1. The Morgan fingerprint density at radius 3 is 2.69 bits per heavy atom. The SMILES string of the molecule is CCNC(=NCCS(N)(=O)=O)NC1CCN(Cc2ccccc2)C(C)C1. The van der Waals surface area contributed by atoms with E-state index in [2.05, 4.69) is 51.7 Å². The Labute approximate surface area is 157 Å². The minimum atomic E-state index is -3.48. The monoisotopic (exact) mass is 381 g/mol. The number of hydrogen-bond donors (Lipinski definition) is 3. The second-order valence-corrected chi connectivity index (χ2v) is 8.53. The molecule has 4 N–H and O–H groups in total. The standard InChI is InChI=1S/C18H31N5O2S/c1-3-20-18(21-10-12-26(19,24)25)22-17-9-11-23(15(2)13-17)14-16-7-5-4-6-8-16/h4-8,15,17H,3,9-14H2,1-2H3,(H2,19,24,25)(H2,20,21,22). The molecule has 8 heteroatoms. The molecule has 0 aliphatic carbocycles. The van der Waals surface area contributed by atoms with Gasteiger partial charge in [0.05, 0.1) is 12.3 Å². The van der Waals surface area contributed by atoms with Gasteiger partial charge in [0.2, 0.25) is 10.0 Å². The number of piperidine rings is 1. The van der Waals surface area contributed by atoms with E-state index in [-0.39, 0.29) is 12.3 Å². The van der Waals surface area contributed by atoms with Gasteiger partial charge in [0.25, 0.3) is 0 Å². The zero-order chi connectivity index (χ0) is 19.0. The number of guanidine groups is 1. The Morgan fingerprint density at radius 2 is 2.08 bits per heavy atom. The van der Waals surface area contributed by atoms with Crippen LogP contribution in [0.4, 0.5) is 0 Å². The van der Waals surface area contributed by atoms with E-state index >= 15 is 0 Å². The number of nitrogens with two attached hydrogens (primary N) is 1. The summed E-state index contributed by atoms with van der Waals surface area (Å²) in [5, 5.41) is 11.6. The topological polar surface area (TPSA) is 99.8 Å². The molecule has 1 aromatic rings. The summed E-state index contributed by atoms with van der Waals surface area (Å²) in [5.74, 6) is 0.514. The fourth-order valence-electron chi connectivity index (χ4n) is 3.20. The number of sulfonamides is 1. The zero-order valence-electron chi connectivity index (χ0n) is 15.7. The second kappa shape index (κ2) is 9.89. The van der Waals surface area contributed by atoms with E-state index in [1.165, 1.54) is 5.56 Å². The third-order valence-corrected chi connectivity index (χ3v) is 5.32. The smallest absolute Gasteiger partial charge is 0.210 e. The second-order valence-electron chi connectivity index (χ2n) is 6.80. The number of rotatable bonds is 7. The molecule has 2 unspecified atom stereocenters. The Hall–Kier alpha value is -1.64. The Kier molecular flexibility index (Phi) is 7.86. The van der Waals surface area contributed by atoms with E-state index < -0.39 is 10.0 Å². The van der Waals surface area contributed by atoms with E-state index in [0.717, 1.165) is 32.5 Å². The molecular weight excluding hydrogens is 350 g/mol. The number of aliphatic imine (C=N–C) groups is 1. The molecule has 2 atom stereocenters. The van der Waals surface area contributed by atoms with Gasteiger partial charge in [0.15, 0.2) is 5.96 Å². The highest BCUT2D eigenvalue weighted by Gasteiger charge is 2.25. The number of nitrogens with one attached hydrogen (secondary N) is 2. The van der Waals surface area contributed by atoms with Gasteiger partial charge in [0.1, 0.15) is 0 Å². The van der Waals surface area contributed by atoms with Crippen molar-refractivity contribution in [1.29, 1.82) is 0 Å². The van der Waals surface area contributed by atoms with Crippen LogP contribution in [0.1, 0.15) is 32.3 Å². The van der Waals surface area contributed by atoms with Crippen molar-refractivity contribution in [2.75, 3.05) is 25.4 Å². The summed E-state index contributed by atoms with van der Waals surface area (Å²) in [7, 11) is -3.48. The van der Waals surface area contributed by atoms with E-state index in [1.807, 2.05) is 13.0 Å². The van der Waals surface area contributed by atoms with E-state index in [0.29, 0.717) is 18.0 Å². The number of benzene rings is 1. The van der Waals surface area contributed by atoms with E-state index in [9.17, 15) is 8.42 Å². The van der Waals surface area contributed by atoms with Crippen LogP contribution < -0.4 is 15.8 Å². The van der Waals surface area contributed by atoms with Gasteiger partial charge in [-0.1, -0.05) is 30.3 Å². The average Bonchev–Trinajstić information content (AvgIpc) is 2.57. The molecule has 0 radical (unpaired) electrons. The number of nitrogens with zero attached hydrogens (tertiary/aromatic N) is 2. The maximum Gasteiger partial charge on any atom is 0.210 e. The Balaban J connectivity index is 1.86. The van der Waals surface area contributed by atoms with Crippen molar-refractivity contribution in [3.05, 3.63) is 35.9 Å². The first kappa shape index (κ1) is 20.7. The Bertz CT molecular complexity index is 678. The molecule has 1 saturated heterocycles. The van der Waals surface area contributed by atoms with Crippen molar-refractivity contribution in [3.8, 4) is 0 Å². The van der Waals surface area contributed by atoms with Gasteiger partial charge in [-0.25, -0.2) is 13.6 Å². The molecule has 0 bridgehead atoms. The van der Waals surface area contributed by atoms with Crippen LogP contribution in [-0.2, 0) is 16.6 Å². The van der Waals surface area contributed by atoms with Crippen molar-refractivity contribution in [2.45, 2.75) is 45.3 Å². The van der Waals surface area contributed by atoms with Gasteiger partial charge in [0, 0.05) is 31.7 Å². The quantitative estimate of drug-likeness (QED) is 0.481. The van der Waals surface area contributed by atoms with Gasteiger partial charge < -0.3 is 10.6 Å². The lowest BCUT2D eigenvalue weighted by Gasteiger charge is -2.38. The minimum absolute atomic E-state index is 0.143. The summed E-state index contributed by atoms with van der Waals surface area (Å²) in [6, 6.07) is 11.3. The van der Waals surface area contributed by atoms with Crippen molar-refractivity contribution < 1.29 is 8.42 Å². The lowest BCUT2D eigenvalue weighted by molar-refractivity contribution is 0.134. The van der Waals surface area contributed by atoms with Crippen LogP contribution >= 0.6 is 0 Å². The summed E-state index contributed by atoms with van der Waals surface area (Å²) < 4.78 is 22.1. The molecule has 7 nitrogen and oxygen atoms in total. The highest BCUT2D eigenvalue weighted by Crippen LogP contribution is 2.19. The predicted octanol–water partition coefficient (Wildman–Crippen LogP) is 0.883. The van der Waals surface area contributed by atoms with Gasteiger partial charge in [-0.15, -0.1) is 0 Å². The summed E-state index contributed by atoms with van der Waals surface area (Å²) >= 11 is 0. The first-order valence-electron chi connectivity index (χ1n) is 9.20. The lowest BCUT2D eigenvalue weighted by atomic mass is 9.97. The molecule has 1 heterocycles. The maximum atomic E-state index is 11.1. The number of likely N-dealkylation sites (tertiary alicyclic amines) is 1. The van der Waals surface area contributed by atoms with Gasteiger partial charge in [-0.05, 0) is 32.3 Å². The fourth-order valence-corrected chi connectivity index (χ4v) is 3.55. The molecule has 146 valence electrons. The van der Waals surface area contributed by atoms with Gasteiger partial charge in [-0.3, -0.25) is 9.89 Å². The lowest BCUT2D eigenvalue weighted by Crippen LogP contribution is -2.51. The minimum Gasteiger partial charge on any atom is -0.357 e. The normalized spacial score (nSPS) is 22.2. The molecule has 26 heavy (non-hydrogen) atoms. The van der Waals surface area contributed by atoms with Crippen LogP contribution in [0, 0.1) is 0 Å². The van der Waals surface area contributed by atoms with Crippen LogP contribution in [0.25, 0.3) is 0 Å². The predicted molar refractivity (Wildman–Crippen MR) is 106 cm³/mol. The van der Waals surface area contributed by atoms with Crippen LogP contribution in [0.2, 0.25) is 0 Å². The molecule has 1 aliphatic rings. The van der Waals surface area contributed by atoms with E-state index in [4.69, 9.17) is 5.14 Å². The Morgan fingerprint density at radius 1 is 1.35 bits per heavy atom. The highest BCUT2D eigenvalue weighted by atomic mass is 32.2. The largest absolute Gasteiger partial charge is 0.357 e. The molecule has 0 amide bonds. The van der Waals surface area contributed by atoms with Crippen molar-refractivity contribution in [3.63, 3.8) is 0 Å². The van der Waals surface area contributed by atoms with Crippen LogP contribution in [0.3, 0.4) is 0 Å². The maximum absolute atomic E-state index is 11.1.